The molecule has 2 aromatic rings. The summed E-state index contributed by atoms with van der Waals surface area (Å²) in [6.07, 6.45) is 0.639. The molecule has 1 amide bonds. The molecule has 0 saturated carbocycles. The van der Waals surface area contributed by atoms with E-state index in [1.807, 2.05) is 30.3 Å². The number of phenolic OH excluding ortho intramolecular Hbond substituents is 2. The van der Waals surface area contributed by atoms with Crippen LogP contribution in [0.3, 0.4) is 0 Å². The SMILES string of the molecule is O=C(NCCCOc1ccccc1)c1cc(O)ccc1O. The number of benzene rings is 2. The number of carbonyl (C=O) groups is 1. The predicted molar refractivity (Wildman–Crippen MR) is 78.7 cm³/mol. The van der Waals surface area contributed by atoms with Gasteiger partial charge in [0.1, 0.15) is 17.2 Å². The van der Waals surface area contributed by atoms with Crippen LogP contribution in [0.2, 0.25) is 0 Å². The maximum absolute atomic E-state index is 11.8. The highest BCUT2D eigenvalue weighted by atomic mass is 16.5. The topological polar surface area (TPSA) is 78.8 Å². The molecule has 3 N–H and O–H groups in total. The zero-order chi connectivity index (χ0) is 15.1. The first-order chi connectivity index (χ1) is 10.2. The third-order valence-corrected chi connectivity index (χ3v) is 2.84. The van der Waals surface area contributed by atoms with Crippen molar-refractivity contribution in [2.24, 2.45) is 0 Å². The van der Waals surface area contributed by atoms with Crippen LogP contribution in [0.1, 0.15) is 16.8 Å². The second-order valence-electron chi connectivity index (χ2n) is 4.47. The molecule has 0 saturated heterocycles. The maximum Gasteiger partial charge on any atom is 0.255 e. The van der Waals surface area contributed by atoms with Crippen LogP contribution in [0.25, 0.3) is 0 Å². The number of amides is 1. The highest BCUT2D eigenvalue weighted by molar-refractivity contribution is 5.97. The molecular weight excluding hydrogens is 270 g/mol. The summed E-state index contributed by atoms with van der Waals surface area (Å²) in [6.45, 7) is 0.900. The van der Waals surface area contributed by atoms with Gasteiger partial charge in [-0.25, -0.2) is 0 Å². The second kappa shape index (κ2) is 7.19. The number of rotatable bonds is 6. The van der Waals surface area contributed by atoms with E-state index < -0.39 is 5.91 Å². The van der Waals surface area contributed by atoms with Gasteiger partial charge in [-0.2, -0.15) is 0 Å². The van der Waals surface area contributed by atoms with Crippen LogP contribution in [0.5, 0.6) is 17.2 Å². The minimum Gasteiger partial charge on any atom is -0.508 e. The molecule has 21 heavy (non-hydrogen) atoms. The number of hydrogen-bond acceptors (Lipinski definition) is 4. The van der Waals surface area contributed by atoms with E-state index in [9.17, 15) is 15.0 Å². The Morgan fingerprint density at radius 1 is 1.10 bits per heavy atom. The summed E-state index contributed by atoms with van der Waals surface area (Å²) < 4.78 is 5.50. The summed E-state index contributed by atoms with van der Waals surface area (Å²) in [5.41, 5.74) is 0.0546. The highest BCUT2D eigenvalue weighted by Crippen LogP contribution is 2.21. The fraction of sp³-hybridized carbons (Fsp3) is 0.188. The molecule has 110 valence electrons. The van der Waals surface area contributed by atoms with Crippen LogP contribution in [0.15, 0.2) is 48.5 Å². The zero-order valence-electron chi connectivity index (χ0n) is 11.5. The highest BCUT2D eigenvalue weighted by Gasteiger charge is 2.11. The standard InChI is InChI=1S/C16H17NO4/c18-12-7-8-15(19)14(11-12)16(20)17-9-4-10-21-13-5-2-1-3-6-13/h1-3,5-8,11,18-19H,4,9-10H2,(H,17,20). The second-order valence-corrected chi connectivity index (χ2v) is 4.47. The van der Waals surface area contributed by atoms with Crippen LogP contribution >= 0.6 is 0 Å². The Kier molecular flexibility index (Phi) is 5.04. The van der Waals surface area contributed by atoms with Crippen LogP contribution in [0, 0.1) is 0 Å². The van der Waals surface area contributed by atoms with Gasteiger partial charge in [0.25, 0.3) is 5.91 Å². The molecular formula is C16H17NO4. The first-order valence-corrected chi connectivity index (χ1v) is 6.65. The molecule has 0 aliphatic rings. The van der Waals surface area contributed by atoms with Crippen molar-refractivity contribution in [3.63, 3.8) is 0 Å². The minimum atomic E-state index is -0.428. The molecule has 0 bridgehead atoms. The van der Waals surface area contributed by atoms with Gasteiger partial charge in [0.2, 0.25) is 0 Å². The van der Waals surface area contributed by atoms with Crippen molar-refractivity contribution < 1.29 is 19.7 Å². The predicted octanol–water partition coefficient (Wildman–Crippen LogP) is 2.30. The largest absolute Gasteiger partial charge is 0.508 e. The van der Waals surface area contributed by atoms with Crippen molar-refractivity contribution in [2.45, 2.75) is 6.42 Å². The minimum absolute atomic E-state index is 0.0546. The quantitative estimate of drug-likeness (QED) is 0.562. The van der Waals surface area contributed by atoms with E-state index in [0.717, 1.165) is 5.75 Å². The molecule has 2 rings (SSSR count). The molecule has 0 unspecified atom stereocenters. The van der Waals surface area contributed by atoms with Gasteiger partial charge in [-0.1, -0.05) is 18.2 Å². The molecule has 0 aliphatic heterocycles. The zero-order valence-corrected chi connectivity index (χ0v) is 11.5. The van der Waals surface area contributed by atoms with Gasteiger partial charge >= 0.3 is 0 Å². The summed E-state index contributed by atoms with van der Waals surface area (Å²) in [4.78, 5) is 11.8. The van der Waals surface area contributed by atoms with Crippen LogP contribution in [-0.2, 0) is 0 Å². The van der Waals surface area contributed by atoms with E-state index in [4.69, 9.17) is 4.74 Å². The van der Waals surface area contributed by atoms with E-state index in [-0.39, 0.29) is 17.1 Å². The third kappa shape index (κ3) is 4.42. The smallest absolute Gasteiger partial charge is 0.255 e. The molecule has 0 aromatic heterocycles. The number of para-hydroxylation sites is 1. The van der Waals surface area contributed by atoms with Crippen LogP contribution in [-0.4, -0.2) is 29.3 Å². The van der Waals surface area contributed by atoms with E-state index in [2.05, 4.69) is 5.32 Å². The number of nitrogens with one attached hydrogen (secondary N) is 1. The lowest BCUT2D eigenvalue weighted by Crippen LogP contribution is -2.25. The van der Waals surface area contributed by atoms with E-state index in [0.29, 0.717) is 19.6 Å². The van der Waals surface area contributed by atoms with Gasteiger partial charge in [-0.05, 0) is 36.8 Å². The number of aromatic hydroxyl groups is 2. The third-order valence-electron chi connectivity index (χ3n) is 2.84. The molecule has 0 aliphatic carbocycles. The van der Waals surface area contributed by atoms with E-state index >= 15 is 0 Å². The Labute approximate surface area is 122 Å². The van der Waals surface area contributed by atoms with Crippen molar-refractivity contribution in [2.75, 3.05) is 13.2 Å². The Morgan fingerprint density at radius 2 is 1.86 bits per heavy atom. The average molecular weight is 287 g/mol. The van der Waals surface area contributed by atoms with Gasteiger partial charge in [0.15, 0.2) is 0 Å². The lowest BCUT2D eigenvalue weighted by molar-refractivity contribution is 0.0948. The Bertz CT molecular complexity index is 598. The molecule has 5 heteroatoms. The lowest BCUT2D eigenvalue weighted by Gasteiger charge is -2.08. The van der Waals surface area contributed by atoms with Gasteiger partial charge in [0, 0.05) is 6.54 Å². The number of phenols is 2. The van der Waals surface area contributed by atoms with Gasteiger partial charge < -0.3 is 20.3 Å². The molecule has 0 fully saturated rings. The van der Waals surface area contributed by atoms with Crippen molar-refractivity contribution in [1.29, 1.82) is 0 Å². The fourth-order valence-electron chi connectivity index (χ4n) is 1.78. The van der Waals surface area contributed by atoms with Crippen molar-refractivity contribution in [3.05, 3.63) is 54.1 Å². The van der Waals surface area contributed by atoms with Crippen LogP contribution < -0.4 is 10.1 Å². The molecule has 2 aromatic carbocycles. The summed E-state index contributed by atoms with van der Waals surface area (Å²) >= 11 is 0. The van der Waals surface area contributed by atoms with E-state index in [1.54, 1.807) is 0 Å². The van der Waals surface area contributed by atoms with E-state index in [1.165, 1.54) is 18.2 Å². The first-order valence-electron chi connectivity index (χ1n) is 6.65. The number of ether oxygens (including phenoxy) is 1. The van der Waals surface area contributed by atoms with Gasteiger partial charge in [-0.15, -0.1) is 0 Å². The average Bonchev–Trinajstić information content (AvgIpc) is 2.50. The first kappa shape index (κ1) is 14.7. The Balaban J connectivity index is 1.73. The van der Waals surface area contributed by atoms with Gasteiger partial charge in [0.05, 0.1) is 12.2 Å². The van der Waals surface area contributed by atoms with Gasteiger partial charge in [-0.3, -0.25) is 4.79 Å². The lowest BCUT2D eigenvalue weighted by atomic mass is 10.1. The maximum atomic E-state index is 11.8. The number of hydrogen-bond donors (Lipinski definition) is 3. The molecule has 0 atom stereocenters. The molecule has 0 spiro atoms. The number of carbonyl (C=O) groups excluding carboxylic acids is 1. The van der Waals surface area contributed by atoms with Crippen molar-refractivity contribution >= 4 is 5.91 Å². The summed E-state index contributed by atoms with van der Waals surface area (Å²) in [6, 6.07) is 13.2. The summed E-state index contributed by atoms with van der Waals surface area (Å²) in [5.74, 6) is 0.133. The van der Waals surface area contributed by atoms with Crippen molar-refractivity contribution in [1.82, 2.24) is 5.32 Å². The molecule has 0 radical (unpaired) electrons. The van der Waals surface area contributed by atoms with Crippen molar-refractivity contribution in [3.8, 4) is 17.2 Å². The fourth-order valence-corrected chi connectivity index (χ4v) is 1.78. The molecule has 5 nitrogen and oxygen atoms in total. The normalized spacial score (nSPS) is 10.1. The monoisotopic (exact) mass is 287 g/mol. The summed E-state index contributed by atoms with van der Waals surface area (Å²) in [5, 5.41) is 21.5. The Morgan fingerprint density at radius 3 is 2.62 bits per heavy atom. The molecule has 0 heterocycles. The van der Waals surface area contributed by atoms with Crippen LogP contribution in [0.4, 0.5) is 0 Å². The summed E-state index contributed by atoms with van der Waals surface area (Å²) in [7, 11) is 0. The Hall–Kier alpha value is -2.69.